The van der Waals surface area contributed by atoms with Gasteiger partial charge in [0.25, 0.3) is 11.8 Å². The molecule has 1 heterocycles. The van der Waals surface area contributed by atoms with Gasteiger partial charge in [0.1, 0.15) is 12.4 Å². The van der Waals surface area contributed by atoms with E-state index in [1.807, 2.05) is 42.5 Å². The van der Waals surface area contributed by atoms with E-state index in [0.717, 1.165) is 16.9 Å². The third-order valence-corrected chi connectivity index (χ3v) is 5.45. The first-order chi connectivity index (χ1) is 17.0. The highest BCUT2D eigenvalue weighted by atomic mass is 16.5. The lowest BCUT2D eigenvalue weighted by Crippen LogP contribution is -2.23. The van der Waals surface area contributed by atoms with Crippen LogP contribution in [0.15, 0.2) is 78.4 Å². The van der Waals surface area contributed by atoms with Gasteiger partial charge >= 0.3 is 5.97 Å². The molecule has 2 N–H and O–H groups in total. The Balaban J connectivity index is 1.44. The van der Waals surface area contributed by atoms with Gasteiger partial charge in [0.05, 0.1) is 23.4 Å². The highest BCUT2D eigenvalue weighted by molar-refractivity contribution is 6.13. The van der Waals surface area contributed by atoms with Gasteiger partial charge < -0.3 is 20.1 Å². The number of hydrogen-bond donors (Lipinski definition) is 2. The lowest BCUT2D eigenvalue weighted by Gasteiger charge is -2.18. The maximum absolute atomic E-state index is 13.0. The average Bonchev–Trinajstić information content (AvgIpc) is 2.88. The van der Waals surface area contributed by atoms with Gasteiger partial charge in [-0.2, -0.15) is 0 Å². The van der Waals surface area contributed by atoms with Crippen LogP contribution in [-0.4, -0.2) is 31.0 Å². The third kappa shape index (κ3) is 6.14. The molecule has 0 aromatic heterocycles. The van der Waals surface area contributed by atoms with E-state index >= 15 is 0 Å². The zero-order valence-electron chi connectivity index (χ0n) is 19.4. The Morgan fingerprint density at radius 1 is 0.914 bits per heavy atom. The molecule has 3 aromatic carbocycles. The molecule has 0 aliphatic carbocycles. The second-order valence-corrected chi connectivity index (χ2v) is 7.96. The molecule has 3 aromatic rings. The predicted octanol–water partition coefficient (Wildman–Crippen LogP) is 4.85. The Hall–Kier alpha value is -4.39. The number of esters is 1. The predicted molar refractivity (Wildman–Crippen MR) is 134 cm³/mol. The van der Waals surface area contributed by atoms with Crippen LogP contribution in [0.2, 0.25) is 0 Å². The van der Waals surface area contributed by atoms with Gasteiger partial charge in [-0.25, -0.2) is 0 Å². The Kier molecular flexibility index (Phi) is 7.57. The molecule has 0 saturated heterocycles. The lowest BCUT2D eigenvalue weighted by molar-refractivity contribution is -0.143. The van der Waals surface area contributed by atoms with Crippen LogP contribution in [0.3, 0.4) is 0 Å². The molecule has 178 valence electrons. The van der Waals surface area contributed by atoms with Crippen LogP contribution in [0, 0.1) is 0 Å². The number of anilines is 2. The zero-order chi connectivity index (χ0) is 24.6. The summed E-state index contributed by atoms with van der Waals surface area (Å²) in [6.45, 7) is 2.27. The zero-order valence-corrected chi connectivity index (χ0v) is 19.4. The molecule has 4 rings (SSSR count). The number of carbonyl (C=O) groups excluding carboxylic acids is 3. The average molecular weight is 471 g/mol. The first-order valence-corrected chi connectivity index (χ1v) is 11.4. The summed E-state index contributed by atoms with van der Waals surface area (Å²) in [4.78, 5) is 37.6. The van der Waals surface area contributed by atoms with Crippen molar-refractivity contribution in [2.24, 2.45) is 0 Å². The maximum atomic E-state index is 13.0. The summed E-state index contributed by atoms with van der Waals surface area (Å²) in [5, 5.41) is 5.71. The molecule has 2 amide bonds. The number of amides is 2. The summed E-state index contributed by atoms with van der Waals surface area (Å²) in [6, 6.07) is 21.6. The number of carbonyl (C=O) groups is 3. The topological polar surface area (TPSA) is 93.7 Å². The summed E-state index contributed by atoms with van der Waals surface area (Å²) >= 11 is 0. The number of benzene rings is 3. The van der Waals surface area contributed by atoms with Crippen LogP contribution >= 0.6 is 0 Å². The minimum absolute atomic E-state index is 0.149. The molecule has 0 saturated carbocycles. The van der Waals surface area contributed by atoms with Crippen molar-refractivity contribution in [3.63, 3.8) is 0 Å². The highest BCUT2D eigenvalue weighted by Gasteiger charge is 2.19. The van der Waals surface area contributed by atoms with Crippen molar-refractivity contribution in [1.29, 1.82) is 0 Å². The number of hydrogen-bond acceptors (Lipinski definition) is 5. The van der Waals surface area contributed by atoms with Gasteiger partial charge in [0.15, 0.2) is 0 Å². The summed E-state index contributed by atoms with van der Waals surface area (Å²) < 4.78 is 10.6. The monoisotopic (exact) mass is 470 g/mol. The third-order valence-electron chi connectivity index (χ3n) is 5.45. The molecule has 0 bridgehead atoms. The number of fused-ring (bicyclic) bond motifs is 1. The van der Waals surface area contributed by atoms with E-state index in [-0.39, 0.29) is 30.8 Å². The van der Waals surface area contributed by atoms with Crippen molar-refractivity contribution >= 4 is 35.2 Å². The molecular weight excluding hydrogens is 444 g/mol. The minimum atomic E-state index is -0.359. The second-order valence-electron chi connectivity index (χ2n) is 7.96. The Bertz CT molecular complexity index is 1280. The van der Waals surface area contributed by atoms with Crippen molar-refractivity contribution in [2.45, 2.75) is 19.8 Å². The number of para-hydroxylation sites is 2. The van der Waals surface area contributed by atoms with Crippen molar-refractivity contribution in [1.82, 2.24) is 0 Å². The van der Waals surface area contributed by atoms with Crippen LogP contribution < -0.4 is 15.4 Å². The molecule has 35 heavy (non-hydrogen) atoms. The Labute approximate surface area is 203 Å². The fraction of sp³-hybridized carbons (Fsp3) is 0.179. The van der Waals surface area contributed by atoms with Gasteiger partial charge in [0.2, 0.25) is 0 Å². The minimum Gasteiger partial charge on any atom is -0.488 e. The van der Waals surface area contributed by atoms with Gasteiger partial charge in [-0.15, -0.1) is 0 Å². The van der Waals surface area contributed by atoms with E-state index in [1.165, 1.54) is 0 Å². The standard InChI is InChI=1S/C28H26N2O5/c1-2-34-26(31)15-14-19-8-7-10-22(16-19)29-28(33)23-11-4-5-12-24(23)30-27(32)21-17-20-9-3-6-13-25(20)35-18-21/h3-13,16-17H,2,14-15,18H2,1H3,(H,29,33)(H,30,32). The molecular formula is C28H26N2O5. The van der Waals surface area contributed by atoms with Gasteiger partial charge in [-0.1, -0.05) is 42.5 Å². The fourth-order valence-corrected chi connectivity index (χ4v) is 3.72. The van der Waals surface area contributed by atoms with E-state index in [9.17, 15) is 14.4 Å². The highest BCUT2D eigenvalue weighted by Crippen LogP contribution is 2.27. The van der Waals surface area contributed by atoms with Gasteiger partial charge in [-0.05, 0) is 55.3 Å². The Morgan fingerprint density at radius 3 is 2.57 bits per heavy atom. The van der Waals surface area contributed by atoms with Gasteiger partial charge in [0, 0.05) is 17.7 Å². The molecule has 0 spiro atoms. The van der Waals surface area contributed by atoms with E-state index in [0.29, 0.717) is 35.5 Å². The van der Waals surface area contributed by atoms with Crippen LogP contribution in [0.4, 0.5) is 11.4 Å². The van der Waals surface area contributed by atoms with Crippen LogP contribution in [0.25, 0.3) is 6.08 Å². The van der Waals surface area contributed by atoms with E-state index < -0.39 is 0 Å². The molecule has 7 heteroatoms. The lowest BCUT2D eigenvalue weighted by atomic mass is 10.1. The molecule has 0 radical (unpaired) electrons. The largest absolute Gasteiger partial charge is 0.488 e. The number of nitrogens with one attached hydrogen (secondary N) is 2. The number of aryl methyl sites for hydroxylation is 1. The second kappa shape index (κ2) is 11.2. The SMILES string of the molecule is CCOC(=O)CCc1cccc(NC(=O)c2ccccc2NC(=O)C2=Cc3ccccc3OC2)c1. The number of rotatable bonds is 8. The summed E-state index contributed by atoms with van der Waals surface area (Å²) in [7, 11) is 0. The molecule has 7 nitrogen and oxygen atoms in total. The molecule has 0 unspecified atom stereocenters. The molecule has 0 fully saturated rings. The number of ether oxygens (including phenoxy) is 2. The quantitative estimate of drug-likeness (QED) is 0.459. The van der Waals surface area contributed by atoms with E-state index in [1.54, 1.807) is 43.3 Å². The summed E-state index contributed by atoms with van der Waals surface area (Å²) in [5.41, 5.74) is 3.52. The van der Waals surface area contributed by atoms with Gasteiger partial charge in [-0.3, -0.25) is 14.4 Å². The smallest absolute Gasteiger partial charge is 0.306 e. The molecule has 0 atom stereocenters. The summed E-state index contributed by atoms with van der Waals surface area (Å²) in [6.07, 6.45) is 2.57. The first kappa shape index (κ1) is 23.8. The molecule has 1 aliphatic heterocycles. The molecule has 1 aliphatic rings. The van der Waals surface area contributed by atoms with Crippen LogP contribution in [0.5, 0.6) is 5.75 Å². The van der Waals surface area contributed by atoms with Crippen molar-refractivity contribution in [2.75, 3.05) is 23.8 Å². The van der Waals surface area contributed by atoms with Crippen molar-refractivity contribution in [3.05, 3.63) is 95.1 Å². The van der Waals surface area contributed by atoms with Crippen LogP contribution in [-0.2, 0) is 20.7 Å². The first-order valence-electron chi connectivity index (χ1n) is 11.4. The van der Waals surface area contributed by atoms with E-state index in [2.05, 4.69) is 10.6 Å². The normalized spacial score (nSPS) is 12.0. The van der Waals surface area contributed by atoms with Crippen molar-refractivity contribution in [3.8, 4) is 5.75 Å². The van der Waals surface area contributed by atoms with Crippen LogP contribution in [0.1, 0.15) is 34.8 Å². The van der Waals surface area contributed by atoms with Crippen molar-refractivity contribution < 1.29 is 23.9 Å². The maximum Gasteiger partial charge on any atom is 0.306 e. The summed E-state index contributed by atoms with van der Waals surface area (Å²) in [5.74, 6) is -0.217. The fourth-order valence-electron chi connectivity index (χ4n) is 3.72. The Morgan fingerprint density at radius 2 is 1.71 bits per heavy atom. The van der Waals surface area contributed by atoms with E-state index in [4.69, 9.17) is 9.47 Å².